The number of amides is 2. The average molecular weight is 452 g/mol. The van der Waals surface area contributed by atoms with Crippen molar-refractivity contribution in [3.63, 3.8) is 0 Å². The minimum atomic E-state index is -0.415. The molecule has 2 heterocycles. The Morgan fingerprint density at radius 3 is 2.26 bits per heavy atom. The average Bonchev–Trinajstić information content (AvgIpc) is 3.24. The van der Waals surface area contributed by atoms with Gasteiger partial charge in [0, 0.05) is 29.3 Å². The number of aryl methyl sites for hydroxylation is 1. The number of anilines is 3. The number of halogens is 1. The summed E-state index contributed by atoms with van der Waals surface area (Å²) in [5.41, 5.74) is 12.5. The number of aromatic amines is 1. The zero-order chi connectivity index (χ0) is 23.7. The maximum atomic E-state index is 13.4. The fraction of sp³-hybridized carbons (Fsp3) is 0.0385. The Kier molecular flexibility index (Phi) is 5.39. The maximum Gasteiger partial charge on any atom is 0.323 e. The number of fused-ring (bicyclic) bond motifs is 1. The third-order valence-corrected chi connectivity index (χ3v) is 5.61. The molecule has 8 heteroatoms. The van der Waals surface area contributed by atoms with Crippen molar-refractivity contribution >= 4 is 34.1 Å². The Morgan fingerprint density at radius 2 is 1.53 bits per heavy atom. The first-order valence-corrected chi connectivity index (χ1v) is 10.6. The summed E-state index contributed by atoms with van der Waals surface area (Å²) in [5, 5.41) is 13.6. The van der Waals surface area contributed by atoms with E-state index in [1.54, 1.807) is 25.4 Å². The van der Waals surface area contributed by atoms with Gasteiger partial charge in [-0.05, 0) is 71.6 Å². The van der Waals surface area contributed by atoms with E-state index in [9.17, 15) is 9.18 Å². The van der Waals surface area contributed by atoms with Gasteiger partial charge in [-0.15, -0.1) is 0 Å². The van der Waals surface area contributed by atoms with Gasteiger partial charge in [0.2, 0.25) is 0 Å². The summed E-state index contributed by atoms with van der Waals surface area (Å²) in [6.45, 7) is 1.64. The third-order valence-electron chi connectivity index (χ3n) is 5.61. The number of H-pyrrole nitrogens is 1. The number of nitrogen functional groups attached to an aromatic ring is 1. The van der Waals surface area contributed by atoms with Crippen LogP contribution in [0, 0.1) is 12.7 Å². The number of nitrogens with one attached hydrogen (secondary N) is 3. The van der Waals surface area contributed by atoms with E-state index < -0.39 is 6.03 Å². The first-order valence-electron chi connectivity index (χ1n) is 10.6. The molecule has 2 aromatic heterocycles. The molecule has 168 valence electrons. The lowest BCUT2D eigenvalue weighted by Gasteiger charge is -2.11. The number of nitrogens with zero attached hydrogens (tertiary/aromatic N) is 2. The SMILES string of the molecule is Cc1cc(NC(=O)Nc2ccc(-c3ccc(-c4ccncc4)c4[nH]nc(N)c34)cc2)ccc1F. The summed E-state index contributed by atoms with van der Waals surface area (Å²) in [4.78, 5) is 16.4. The summed E-state index contributed by atoms with van der Waals surface area (Å²) in [6, 6.07) is 19.3. The molecule has 3 aromatic carbocycles. The third kappa shape index (κ3) is 4.04. The predicted octanol–water partition coefficient (Wildman–Crippen LogP) is 5.97. The lowest BCUT2D eigenvalue weighted by atomic mass is 9.96. The Hall–Kier alpha value is -4.72. The van der Waals surface area contributed by atoms with Crippen LogP contribution in [0.25, 0.3) is 33.2 Å². The molecule has 2 amide bonds. The smallest absolute Gasteiger partial charge is 0.323 e. The maximum absolute atomic E-state index is 13.4. The molecule has 0 aliphatic rings. The highest BCUT2D eigenvalue weighted by molar-refractivity contribution is 6.08. The Labute approximate surface area is 194 Å². The van der Waals surface area contributed by atoms with Crippen LogP contribution in [0.2, 0.25) is 0 Å². The molecule has 5 rings (SSSR count). The predicted molar refractivity (Wildman–Crippen MR) is 133 cm³/mol. The van der Waals surface area contributed by atoms with Crippen molar-refractivity contribution in [3.05, 3.63) is 90.5 Å². The number of pyridine rings is 1. The van der Waals surface area contributed by atoms with E-state index in [4.69, 9.17) is 5.73 Å². The Bertz CT molecular complexity index is 1500. The molecule has 0 unspecified atom stereocenters. The lowest BCUT2D eigenvalue weighted by Crippen LogP contribution is -2.19. The molecule has 0 atom stereocenters. The molecular weight excluding hydrogens is 431 g/mol. The first-order chi connectivity index (χ1) is 16.5. The molecule has 0 radical (unpaired) electrons. The van der Waals surface area contributed by atoms with Crippen LogP contribution in [0.4, 0.5) is 26.4 Å². The van der Waals surface area contributed by atoms with E-state index in [1.165, 1.54) is 12.1 Å². The van der Waals surface area contributed by atoms with Crippen LogP contribution in [0.5, 0.6) is 0 Å². The minimum Gasteiger partial charge on any atom is -0.382 e. The molecule has 0 saturated heterocycles. The van der Waals surface area contributed by atoms with Crippen LogP contribution < -0.4 is 16.4 Å². The summed E-state index contributed by atoms with van der Waals surface area (Å²) >= 11 is 0. The van der Waals surface area contributed by atoms with Gasteiger partial charge in [-0.1, -0.05) is 24.3 Å². The highest BCUT2D eigenvalue weighted by atomic mass is 19.1. The second-order valence-electron chi connectivity index (χ2n) is 7.88. The molecule has 0 spiro atoms. The summed E-state index contributed by atoms with van der Waals surface area (Å²) in [5.74, 6) is 0.0970. The summed E-state index contributed by atoms with van der Waals surface area (Å²) in [6.07, 6.45) is 3.49. The second-order valence-corrected chi connectivity index (χ2v) is 7.88. The number of aromatic nitrogens is 3. The molecule has 7 nitrogen and oxygen atoms in total. The molecule has 5 N–H and O–H groups in total. The van der Waals surface area contributed by atoms with Gasteiger partial charge in [0.25, 0.3) is 0 Å². The van der Waals surface area contributed by atoms with Gasteiger partial charge >= 0.3 is 6.03 Å². The van der Waals surface area contributed by atoms with Gasteiger partial charge in [0.05, 0.1) is 10.9 Å². The van der Waals surface area contributed by atoms with E-state index in [1.807, 2.05) is 48.5 Å². The molecule has 0 aliphatic carbocycles. The van der Waals surface area contributed by atoms with Crippen molar-refractivity contribution in [2.24, 2.45) is 0 Å². The molecule has 0 aliphatic heterocycles. The van der Waals surface area contributed by atoms with E-state index in [0.29, 0.717) is 22.8 Å². The van der Waals surface area contributed by atoms with Crippen LogP contribution in [0.1, 0.15) is 5.56 Å². The van der Waals surface area contributed by atoms with Crippen molar-refractivity contribution < 1.29 is 9.18 Å². The fourth-order valence-electron chi connectivity index (χ4n) is 3.92. The number of hydrogen-bond donors (Lipinski definition) is 4. The number of urea groups is 1. The Morgan fingerprint density at radius 1 is 0.882 bits per heavy atom. The van der Waals surface area contributed by atoms with Gasteiger partial charge in [0.1, 0.15) is 5.82 Å². The van der Waals surface area contributed by atoms with Crippen molar-refractivity contribution in [1.82, 2.24) is 15.2 Å². The normalized spacial score (nSPS) is 10.9. The molecular formula is C26H21FN6O. The van der Waals surface area contributed by atoms with Crippen molar-refractivity contribution in [3.8, 4) is 22.3 Å². The van der Waals surface area contributed by atoms with Crippen LogP contribution in [-0.4, -0.2) is 21.2 Å². The van der Waals surface area contributed by atoms with Gasteiger partial charge < -0.3 is 16.4 Å². The van der Waals surface area contributed by atoms with Crippen molar-refractivity contribution in [1.29, 1.82) is 0 Å². The van der Waals surface area contributed by atoms with Gasteiger partial charge in [-0.2, -0.15) is 5.10 Å². The minimum absolute atomic E-state index is 0.317. The van der Waals surface area contributed by atoms with Crippen LogP contribution >= 0.6 is 0 Å². The highest BCUT2D eigenvalue weighted by Crippen LogP contribution is 2.37. The van der Waals surface area contributed by atoms with Crippen LogP contribution in [0.3, 0.4) is 0 Å². The van der Waals surface area contributed by atoms with Crippen molar-refractivity contribution in [2.75, 3.05) is 16.4 Å². The highest BCUT2D eigenvalue weighted by Gasteiger charge is 2.15. The molecule has 34 heavy (non-hydrogen) atoms. The number of nitrogens with two attached hydrogens (primary N) is 1. The van der Waals surface area contributed by atoms with Gasteiger partial charge in [0.15, 0.2) is 5.82 Å². The molecule has 0 saturated carbocycles. The van der Waals surface area contributed by atoms with E-state index in [2.05, 4.69) is 25.8 Å². The number of carbonyl (C=O) groups excluding carboxylic acids is 1. The summed E-state index contributed by atoms with van der Waals surface area (Å²) in [7, 11) is 0. The largest absolute Gasteiger partial charge is 0.382 e. The standard InChI is InChI=1S/C26H21FN6O/c1-15-14-19(6-9-22(15)27)31-26(34)30-18-4-2-16(3-5-18)20-7-8-21(17-10-12-29-13-11-17)24-23(20)25(28)33-32-24/h2-14H,1H3,(H3,28,32,33)(H2,30,31,34). The second kappa shape index (κ2) is 8.67. The molecule has 0 bridgehead atoms. The number of rotatable bonds is 4. The first kappa shape index (κ1) is 21.1. The number of carbonyl (C=O) groups is 1. The lowest BCUT2D eigenvalue weighted by molar-refractivity contribution is 0.262. The topological polar surface area (TPSA) is 109 Å². The summed E-state index contributed by atoms with van der Waals surface area (Å²) < 4.78 is 13.4. The van der Waals surface area contributed by atoms with Crippen LogP contribution in [-0.2, 0) is 0 Å². The molecule has 5 aromatic rings. The van der Waals surface area contributed by atoms with Crippen molar-refractivity contribution in [2.45, 2.75) is 6.92 Å². The van der Waals surface area contributed by atoms with Crippen LogP contribution in [0.15, 0.2) is 79.1 Å². The zero-order valence-electron chi connectivity index (χ0n) is 18.3. The monoisotopic (exact) mass is 452 g/mol. The number of benzene rings is 3. The quantitative estimate of drug-likeness (QED) is 0.269. The zero-order valence-corrected chi connectivity index (χ0v) is 18.3. The van der Waals surface area contributed by atoms with E-state index >= 15 is 0 Å². The molecule has 0 fully saturated rings. The van der Waals surface area contributed by atoms with Gasteiger partial charge in [-0.25, -0.2) is 9.18 Å². The van der Waals surface area contributed by atoms with Gasteiger partial charge in [-0.3, -0.25) is 10.1 Å². The van der Waals surface area contributed by atoms with E-state index in [-0.39, 0.29) is 5.82 Å². The Balaban J connectivity index is 1.39. The van der Waals surface area contributed by atoms with E-state index in [0.717, 1.165) is 33.2 Å². The number of hydrogen-bond acceptors (Lipinski definition) is 4. The fourth-order valence-corrected chi connectivity index (χ4v) is 3.92.